The van der Waals surface area contributed by atoms with Crippen molar-refractivity contribution in [3.63, 3.8) is 0 Å². The maximum Gasteiger partial charge on any atom is 0.332 e. The smallest absolute Gasteiger partial charge is 0.332 e. The molecule has 0 bridgehead atoms. The molecule has 6 rings (SSSR count). The van der Waals surface area contributed by atoms with Gasteiger partial charge in [-0.25, -0.2) is 19.6 Å². The van der Waals surface area contributed by atoms with Crippen LogP contribution < -0.4 is 27.8 Å². The van der Waals surface area contributed by atoms with Crippen LogP contribution in [0.15, 0.2) is 29.2 Å². The zero-order chi connectivity index (χ0) is 28.3. The van der Waals surface area contributed by atoms with Gasteiger partial charge in [0, 0.05) is 67.2 Å². The fourth-order valence-electron chi connectivity index (χ4n) is 4.54. The number of amidine groups is 1. The van der Waals surface area contributed by atoms with Crippen LogP contribution in [0.4, 0.5) is 11.6 Å². The standard InChI is InChI=1S/C12H16N4O3.C8H8ClN3O2.C4H9NO.BH4/c1-14-10-8(11(17)15(2)12(14)18)7-9(13-10)16-3-5-19-6-4-16;1-11-6-4(3-5(9)10-6)7(13)12(2)8(11)14;1-3-6-4-2-5-1;/h3-7H2,1-2H3;3H2,1-2H3;5H,1-4H2;1H4/q;;;-1. The molecule has 0 radical (unpaired) electrons. The monoisotopic (exact) mass is 579 g/mol. The van der Waals surface area contributed by atoms with Crippen molar-refractivity contribution in [2.75, 3.05) is 52.6 Å². The minimum atomic E-state index is -0.385. The fraction of sp³-hybridized carbons (Fsp3) is 0.583. The van der Waals surface area contributed by atoms with E-state index in [1.165, 1.54) is 23.2 Å². The second-order valence-electron chi connectivity index (χ2n) is 9.35. The predicted molar refractivity (Wildman–Crippen MR) is 159 cm³/mol. The largest absolute Gasteiger partial charge is 0.379 e. The third kappa shape index (κ3) is 6.38. The highest BCUT2D eigenvalue weighted by Crippen LogP contribution is 2.23. The Balaban J connectivity index is 0.000000184. The van der Waals surface area contributed by atoms with Crippen molar-refractivity contribution in [1.29, 1.82) is 0 Å². The molecule has 0 aromatic carbocycles. The lowest BCUT2D eigenvalue weighted by Gasteiger charge is -2.28. The third-order valence-electron chi connectivity index (χ3n) is 6.79. The highest BCUT2D eigenvalue weighted by Gasteiger charge is 2.27. The zero-order valence-electron chi connectivity index (χ0n) is 22.5. The molecule has 2 saturated heterocycles. The molecule has 2 aromatic heterocycles. The summed E-state index contributed by atoms with van der Waals surface area (Å²) in [5.74, 6) is 1.73. The molecule has 16 heteroatoms. The summed E-state index contributed by atoms with van der Waals surface area (Å²) >= 11 is 5.71. The van der Waals surface area contributed by atoms with E-state index in [4.69, 9.17) is 21.1 Å². The van der Waals surface area contributed by atoms with Crippen molar-refractivity contribution in [2.24, 2.45) is 38.2 Å². The molecule has 4 aliphatic rings. The van der Waals surface area contributed by atoms with Crippen LogP contribution in [0.1, 0.15) is 11.1 Å². The van der Waals surface area contributed by atoms with Crippen LogP contribution in [0, 0.1) is 0 Å². The van der Waals surface area contributed by atoms with Crippen molar-refractivity contribution in [2.45, 2.75) is 12.8 Å². The Morgan fingerprint density at radius 1 is 0.700 bits per heavy atom. The topological polar surface area (TPSA) is 146 Å². The van der Waals surface area contributed by atoms with Crippen molar-refractivity contribution >= 4 is 42.7 Å². The first kappa shape index (κ1) is 31.3. The van der Waals surface area contributed by atoms with Crippen LogP contribution in [-0.2, 0) is 50.5 Å². The number of ether oxygens (including phenoxy) is 2. The number of morpholine rings is 2. The van der Waals surface area contributed by atoms with Crippen LogP contribution >= 0.6 is 11.6 Å². The van der Waals surface area contributed by atoms with Crippen LogP contribution in [0.25, 0.3) is 0 Å². The van der Waals surface area contributed by atoms with Gasteiger partial charge in [0.05, 0.1) is 37.6 Å². The first-order chi connectivity index (χ1) is 18.6. The Hall–Kier alpha value is -3.27. The molecule has 6 heterocycles. The van der Waals surface area contributed by atoms with Gasteiger partial charge in [-0.05, 0) is 0 Å². The number of nitrogens with one attached hydrogen (secondary N) is 1. The molecule has 220 valence electrons. The quantitative estimate of drug-likeness (QED) is 0.326. The van der Waals surface area contributed by atoms with Gasteiger partial charge in [0.25, 0.3) is 11.1 Å². The van der Waals surface area contributed by atoms with Gasteiger partial charge in [0.1, 0.15) is 22.6 Å². The summed E-state index contributed by atoms with van der Waals surface area (Å²) in [5.41, 5.74) is -0.196. The van der Waals surface area contributed by atoms with Gasteiger partial charge in [-0.2, -0.15) is 0 Å². The number of rotatable bonds is 0. The summed E-state index contributed by atoms with van der Waals surface area (Å²) in [6.45, 7) is 6.74. The summed E-state index contributed by atoms with van der Waals surface area (Å²) in [4.78, 5) is 57.6. The molecule has 0 unspecified atom stereocenters. The first-order valence-electron chi connectivity index (χ1n) is 12.6. The number of fused-ring (bicyclic) bond motifs is 2. The zero-order valence-corrected chi connectivity index (χ0v) is 23.3. The van der Waals surface area contributed by atoms with E-state index >= 15 is 0 Å². The molecule has 0 atom stereocenters. The molecule has 1 N–H and O–H groups in total. The lowest BCUT2D eigenvalue weighted by Crippen LogP contribution is -2.41. The summed E-state index contributed by atoms with van der Waals surface area (Å²) in [7, 11) is 6.15. The van der Waals surface area contributed by atoms with E-state index in [0.717, 1.165) is 54.4 Å². The molecule has 2 fully saturated rings. The maximum absolute atomic E-state index is 12.1. The Morgan fingerprint density at radius 3 is 1.65 bits per heavy atom. The van der Waals surface area contributed by atoms with Gasteiger partial charge in [-0.1, -0.05) is 20.0 Å². The second kappa shape index (κ2) is 13.4. The van der Waals surface area contributed by atoms with Crippen LogP contribution in [-0.4, -0.2) is 95.2 Å². The molecule has 0 aliphatic carbocycles. The number of aromatic nitrogens is 4. The number of halogens is 1. The van der Waals surface area contributed by atoms with E-state index in [9.17, 15) is 19.2 Å². The van der Waals surface area contributed by atoms with Crippen molar-refractivity contribution in [3.05, 3.63) is 52.8 Å². The van der Waals surface area contributed by atoms with Gasteiger partial charge >= 0.3 is 11.4 Å². The van der Waals surface area contributed by atoms with Crippen molar-refractivity contribution in [1.82, 2.24) is 28.5 Å². The average molecular weight is 580 g/mol. The molecule has 0 saturated carbocycles. The van der Waals surface area contributed by atoms with E-state index in [0.29, 0.717) is 54.0 Å². The Kier molecular flexibility index (Phi) is 10.5. The van der Waals surface area contributed by atoms with Gasteiger partial charge in [-0.3, -0.25) is 27.9 Å². The third-order valence-corrected chi connectivity index (χ3v) is 7.01. The highest BCUT2D eigenvalue weighted by atomic mass is 35.5. The predicted octanol–water partition coefficient (Wildman–Crippen LogP) is -2.93. The van der Waals surface area contributed by atoms with Crippen LogP contribution in [0.3, 0.4) is 0 Å². The maximum atomic E-state index is 12.1. The highest BCUT2D eigenvalue weighted by molar-refractivity contribution is 6.66. The van der Waals surface area contributed by atoms with Crippen molar-refractivity contribution in [3.8, 4) is 0 Å². The minimum absolute atomic E-state index is 0. The van der Waals surface area contributed by atoms with Crippen LogP contribution in [0.5, 0.6) is 0 Å². The Bertz CT molecular complexity index is 1540. The summed E-state index contributed by atoms with van der Waals surface area (Å²) in [6, 6.07) is 0. The van der Waals surface area contributed by atoms with E-state index in [1.807, 2.05) is 0 Å². The number of aliphatic imine (C=N–C) groups is 2. The fourth-order valence-corrected chi connectivity index (χ4v) is 4.75. The van der Waals surface area contributed by atoms with Crippen LogP contribution in [0.2, 0.25) is 0 Å². The van der Waals surface area contributed by atoms with Crippen molar-refractivity contribution < 1.29 is 9.47 Å². The van der Waals surface area contributed by atoms with Gasteiger partial charge < -0.3 is 19.7 Å². The van der Waals surface area contributed by atoms with E-state index in [-0.39, 0.29) is 30.9 Å². The number of hydrogen-bond acceptors (Lipinski definition) is 10. The molecule has 14 nitrogen and oxygen atoms in total. The van der Waals surface area contributed by atoms with E-state index in [1.54, 1.807) is 14.1 Å². The number of nitrogens with zero attached hydrogens (tertiary/aromatic N) is 7. The SMILES string of the molecule is C1COCCN1.Cn1c2c(c(=O)n(C)c1=O)CC(Cl)=N2.Cn1c2c(c(=O)n(C)c1=O)CC(N1CCOCC1)=N2.[BH4-]. The molecular formula is C24H37BClN8O6-. The molecular weight excluding hydrogens is 543 g/mol. The Morgan fingerprint density at radius 2 is 1.18 bits per heavy atom. The first-order valence-corrected chi connectivity index (χ1v) is 13.0. The molecule has 2 aromatic rings. The average Bonchev–Trinajstić information content (AvgIpc) is 3.60. The second-order valence-corrected chi connectivity index (χ2v) is 9.78. The summed E-state index contributed by atoms with van der Waals surface area (Å²) in [5, 5.41) is 3.51. The normalized spacial score (nSPS) is 17.3. The minimum Gasteiger partial charge on any atom is -0.379 e. The molecule has 40 heavy (non-hydrogen) atoms. The van der Waals surface area contributed by atoms with Gasteiger partial charge in [-0.15, -0.1) is 0 Å². The lowest BCUT2D eigenvalue weighted by molar-refractivity contribution is 0.0675. The van der Waals surface area contributed by atoms with E-state index in [2.05, 4.69) is 20.2 Å². The molecule has 0 spiro atoms. The van der Waals surface area contributed by atoms with E-state index < -0.39 is 0 Å². The molecule has 0 amide bonds. The summed E-state index contributed by atoms with van der Waals surface area (Å²) in [6.07, 6.45) is 0.813. The summed E-state index contributed by atoms with van der Waals surface area (Å²) < 4.78 is 15.3. The van der Waals surface area contributed by atoms with Gasteiger partial charge in [0.15, 0.2) is 0 Å². The lowest BCUT2D eigenvalue weighted by atomic mass is 10.2. The number of hydrogen-bond donors (Lipinski definition) is 1. The van der Waals surface area contributed by atoms with Gasteiger partial charge in [0.2, 0.25) is 0 Å². The molecule has 4 aliphatic heterocycles. The Labute approximate surface area is 237 Å².